The molecule has 0 spiro atoms. The lowest BCUT2D eigenvalue weighted by Gasteiger charge is -2.04. The van der Waals surface area contributed by atoms with Gasteiger partial charge in [0.05, 0.1) is 16.6 Å². The molecule has 0 aliphatic rings. The van der Waals surface area contributed by atoms with E-state index in [1.807, 2.05) is 0 Å². The quantitative estimate of drug-likeness (QED) is 0.474. The Morgan fingerprint density at radius 2 is 2.15 bits per heavy atom. The van der Waals surface area contributed by atoms with Gasteiger partial charge < -0.3 is 5.73 Å². The maximum Gasteiger partial charge on any atom is 0.179 e. The van der Waals surface area contributed by atoms with Gasteiger partial charge in [-0.05, 0) is 12.1 Å². The van der Waals surface area contributed by atoms with Crippen molar-refractivity contribution in [2.45, 2.75) is 0 Å². The van der Waals surface area contributed by atoms with E-state index in [0.717, 1.165) is 6.07 Å². The summed E-state index contributed by atoms with van der Waals surface area (Å²) < 4.78 is 12.8. The third-order valence-corrected chi connectivity index (χ3v) is 2.20. The van der Waals surface area contributed by atoms with Crippen molar-refractivity contribution < 1.29 is 9.18 Å². The minimum absolute atomic E-state index is 0.0781. The van der Waals surface area contributed by atoms with Crippen LogP contribution in [-0.2, 0) is 0 Å². The van der Waals surface area contributed by atoms with Gasteiger partial charge in [-0.1, -0.05) is 11.6 Å². The van der Waals surface area contributed by atoms with Crippen molar-refractivity contribution in [1.82, 2.24) is 0 Å². The molecule has 0 aliphatic carbocycles. The summed E-state index contributed by atoms with van der Waals surface area (Å²) in [6, 6.07) is 2.35. The number of rotatable bonds is 2. The van der Waals surface area contributed by atoms with Crippen LogP contribution in [0.1, 0.15) is 10.4 Å². The van der Waals surface area contributed by atoms with Crippen molar-refractivity contribution in [3.63, 3.8) is 0 Å². The molecule has 0 atom stereocenters. The Bertz CT molecular complexity index is 354. The number of anilines is 1. The number of alkyl halides is 1. The zero-order chi connectivity index (χ0) is 10.0. The highest BCUT2D eigenvalue weighted by atomic mass is 35.5. The average Bonchev–Trinajstić information content (AvgIpc) is 2.13. The molecule has 0 heterocycles. The molecule has 0 aromatic heterocycles. The van der Waals surface area contributed by atoms with Crippen LogP contribution in [0.3, 0.4) is 0 Å². The van der Waals surface area contributed by atoms with Gasteiger partial charge in [-0.15, -0.1) is 11.6 Å². The summed E-state index contributed by atoms with van der Waals surface area (Å²) in [4.78, 5) is 11.1. The Labute approximate surface area is 84.4 Å². The Hall–Kier alpha value is -0.800. The Kier molecular flexibility index (Phi) is 3.12. The smallest absolute Gasteiger partial charge is 0.179 e. The number of ketones is 1. The highest BCUT2D eigenvalue weighted by molar-refractivity contribution is 6.39. The first-order chi connectivity index (χ1) is 6.07. The van der Waals surface area contributed by atoms with E-state index in [1.165, 1.54) is 6.07 Å². The van der Waals surface area contributed by atoms with Crippen LogP contribution in [0.2, 0.25) is 5.02 Å². The minimum Gasteiger partial charge on any atom is -0.395 e. The standard InChI is InChI=1S/C8H6Cl2FNO/c9-3-6(13)4-1-2-5(11)8(12)7(4)10/h1-2H,3,12H2. The molecule has 0 amide bonds. The molecule has 1 rings (SSSR count). The summed E-state index contributed by atoms with van der Waals surface area (Å²) in [5.74, 6) is -1.22. The van der Waals surface area contributed by atoms with Crippen molar-refractivity contribution in [3.05, 3.63) is 28.5 Å². The Balaban J connectivity index is 3.26. The van der Waals surface area contributed by atoms with Gasteiger partial charge in [-0.25, -0.2) is 4.39 Å². The summed E-state index contributed by atoms with van der Waals surface area (Å²) in [6.45, 7) is 0. The predicted molar refractivity (Wildman–Crippen MR) is 50.9 cm³/mol. The number of hydrogen-bond donors (Lipinski definition) is 1. The molecule has 0 fully saturated rings. The second-order valence-corrected chi connectivity index (χ2v) is 3.02. The number of Topliss-reactive ketones (excluding diaryl/α,β-unsaturated/α-hetero) is 1. The van der Waals surface area contributed by atoms with Crippen molar-refractivity contribution in [2.24, 2.45) is 0 Å². The molecule has 1 aromatic carbocycles. The van der Waals surface area contributed by atoms with Crippen LogP contribution >= 0.6 is 23.2 Å². The molecule has 1 aromatic rings. The average molecular weight is 222 g/mol. The van der Waals surface area contributed by atoms with E-state index < -0.39 is 5.82 Å². The fourth-order valence-electron chi connectivity index (χ4n) is 0.857. The molecule has 2 N–H and O–H groups in total. The van der Waals surface area contributed by atoms with Gasteiger partial charge in [0.25, 0.3) is 0 Å². The lowest BCUT2D eigenvalue weighted by atomic mass is 10.1. The fourth-order valence-corrected chi connectivity index (χ4v) is 1.26. The maximum absolute atomic E-state index is 12.8. The first kappa shape index (κ1) is 10.3. The van der Waals surface area contributed by atoms with Crippen LogP contribution in [0.15, 0.2) is 12.1 Å². The van der Waals surface area contributed by atoms with Crippen LogP contribution < -0.4 is 5.73 Å². The van der Waals surface area contributed by atoms with Crippen molar-refractivity contribution in [2.75, 3.05) is 11.6 Å². The van der Waals surface area contributed by atoms with Crippen molar-refractivity contribution >= 4 is 34.7 Å². The van der Waals surface area contributed by atoms with Crippen LogP contribution in [0.25, 0.3) is 0 Å². The van der Waals surface area contributed by atoms with Gasteiger partial charge in [0.15, 0.2) is 5.78 Å². The van der Waals surface area contributed by atoms with Crippen LogP contribution in [0, 0.1) is 5.82 Å². The number of nitrogens with two attached hydrogens (primary N) is 1. The first-order valence-corrected chi connectivity index (χ1v) is 4.31. The molecule has 5 heteroatoms. The number of carbonyl (C=O) groups is 1. The van der Waals surface area contributed by atoms with E-state index in [0.29, 0.717) is 0 Å². The minimum atomic E-state index is -0.642. The third kappa shape index (κ3) is 1.92. The zero-order valence-electron chi connectivity index (χ0n) is 6.48. The fraction of sp³-hybridized carbons (Fsp3) is 0.125. The van der Waals surface area contributed by atoms with E-state index in [-0.39, 0.29) is 27.9 Å². The Morgan fingerprint density at radius 1 is 1.54 bits per heavy atom. The molecular weight excluding hydrogens is 216 g/mol. The van der Waals surface area contributed by atoms with E-state index in [9.17, 15) is 9.18 Å². The first-order valence-electron chi connectivity index (χ1n) is 3.40. The van der Waals surface area contributed by atoms with E-state index in [2.05, 4.69) is 0 Å². The summed E-state index contributed by atoms with van der Waals surface area (Å²) in [7, 11) is 0. The van der Waals surface area contributed by atoms with Gasteiger partial charge in [0.1, 0.15) is 5.82 Å². The molecule has 0 saturated carbocycles. The lowest BCUT2D eigenvalue weighted by molar-refractivity contribution is 0.102. The summed E-state index contributed by atoms with van der Waals surface area (Å²) in [6.07, 6.45) is 0. The summed E-state index contributed by atoms with van der Waals surface area (Å²) in [5, 5.41) is -0.0781. The monoisotopic (exact) mass is 221 g/mol. The number of benzene rings is 1. The highest BCUT2D eigenvalue weighted by Gasteiger charge is 2.13. The lowest BCUT2D eigenvalue weighted by Crippen LogP contribution is -2.04. The summed E-state index contributed by atoms with van der Waals surface area (Å²) in [5.41, 5.74) is 5.20. The van der Waals surface area contributed by atoms with Crippen LogP contribution in [0.5, 0.6) is 0 Å². The largest absolute Gasteiger partial charge is 0.395 e. The van der Waals surface area contributed by atoms with Gasteiger partial charge in [0, 0.05) is 5.56 Å². The molecule has 0 saturated heterocycles. The third-order valence-electron chi connectivity index (χ3n) is 1.55. The topological polar surface area (TPSA) is 43.1 Å². The SMILES string of the molecule is Nc1c(F)ccc(C(=O)CCl)c1Cl. The Morgan fingerprint density at radius 3 is 2.69 bits per heavy atom. The maximum atomic E-state index is 12.8. The normalized spacial score (nSPS) is 10.1. The second-order valence-electron chi connectivity index (χ2n) is 2.38. The van der Waals surface area contributed by atoms with E-state index in [4.69, 9.17) is 28.9 Å². The van der Waals surface area contributed by atoms with Crippen LogP contribution in [-0.4, -0.2) is 11.7 Å². The van der Waals surface area contributed by atoms with Gasteiger partial charge in [-0.2, -0.15) is 0 Å². The molecular formula is C8H6Cl2FNO. The highest BCUT2D eigenvalue weighted by Crippen LogP contribution is 2.26. The molecule has 0 aliphatic heterocycles. The molecule has 0 unspecified atom stereocenters. The van der Waals surface area contributed by atoms with Gasteiger partial charge in [-0.3, -0.25) is 4.79 Å². The van der Waals surface area contributed by atoms with Crippen molar-refractivity contribution in [3.8, 4) is 0 Å². The number of halogens is 3. The van der Waals surface area contributed by atoms with Gasteiger partial charge in [0.2, 0.25) is 0 Å². The van der Waals surface area contributed by atoms with E-state index >= 15 is 0 Å². The zero-order valence-corrected chi connectivity index (χ0v) is 7.99. The predicted octanol–water partition coefficient (Wildman–Crippen LogP) is 2.48. The summed E-state index contributed by atoms with van der Waals surface area (Å²) >= 11 is 10.9. The number of carbonyl (C=O) groups excluding carboxylic acids is 1. The number of hydrogen-bond acceptors (Lipinski definition) is 2. The molecule has 70 valence electrons. The molecule has 2 nitrogen and oxygen atoms in total. The number of nitrogen functional groups attached to an aromatic ring is 1. The van der Waals surface area contributed by atoms with Gasteiger partial charge >= 0.3 is 0 Å². The molecule has 0 bridgehead atoms. The van der Waals surface area contributed by atoms with Crippen molar-refractivity contribution in [1.29, 1.82) is 0 Å². The second kappa shape index (κ2) is 3.94. The van der Waals surface area contributed by atoms with Crippen LogP contribution in [0.4, 0.5) is 10.1 Å². The molecule has 0 radical (unpaired) electrons. The molecule has 13 heavy (non-hydrogen) atoms. The van der Waals surface area contributed by atoms with E-state index in [1.54, 1.807) is 0 Å².